The van der Waals surface area contributed by atoms with Crippen LogP contribution < -0.4 is 14.8 Å². The van der Waals surface area contributed by atoms with E-state index in [1.165, 1.54) is 0 Å². The van der Waals surface area contributed by atoms with Crippen LogP contribution in [0.1, 0.15) is 33.8 Å². The highest BCUT2D eigenvalue weighted by Gasteiger charge is 2.29. The van der Waals surface area contributed by atoms with Crippen molar-refractivity contribution in [1.82, 2.24) is 5.32 Å². The summed E-state index contributed by atoms with van der Waals surface area (Å²) in [7, 11) is 0. The Morgan fingerprint density at radius 1 is 1.14 bits per heavy atom. The number of carbonyl (C=O) groups excluding carboxylic acids is 1. The van der Waals surface area contributed by atoms with E-state index in [0.717, 1.165) is 5.56 Å². The number of nitrogens with one attached hydrogen (secondary N) is 1. The van der Waals surface area contributed by atoms with E-state index in [1.807, 2.05) is 30.5 Å². The van der Waals surface area contributed by atoms with E-state index in [-0.39, 0.29) is 16.3 Å². The van der Waals surface area contributed by atoms with Gasteiger partial charge in [-0.1, -0.05) is 35.3 Å². The third-order valence-corrected chi connectivity index (χ3v) is 7.06. The summed E-state index contributed by atoms with van der Waals surface area (Å²) in [6.45, 7) is 0.309. The molecule has 0 saturated carbocycles. The van der Waals surface area contributed by atoms with Gasteiger partial charge in [0, 0.05) is 28.6 Å². The van der Waals surface area contributed by atoms with Gasteiger partial charge in [-0.2, -0.15) is 0 Å². The Kier molecular flexibility index (Phi) is 8.11. The Hall–Kier alpha value is -2.87. The summed E-state index contributed by atoms with van der Waals surface area (Å²) in [6, 6.07) is 17.5. The van der Waals surface area contributed by atoms with E-state index in [1.54, 1.807) is 48.2 Å². The molecule has 0 spiro atoms. The summed E-state index contributed by atoms with van der Waals surface area (Å²) in [5, 5.41) is 13.3. The van der Waals surface area contributed by atoms with Crippen molar-refractivity contribution in [2.45, 2.75) is 24.1 Å². The number of halogens is 2. The molecule has 4 rings (SSSR count). The molecule has 182 valence electrons. The zero-order valence-electron chi connectivity index (χ0n) is 18.8. The number of hydrogen-bond donors (Lipinski definition) is 2. The summed E-state index contributed by atoms with van der Waals surface area (Å²) in [5.74, 6) is -0.485. The van der Waals surface area contributed by atoms with Gasteiger partial charge in [0.1, 0.15) is 17.2 Å². The van der Waals surface area contributed by atoms with Gasteiger partial charge in [-0.3, -0.25) is 9.59 Å². The van der Waals surface area contributed by atoms with Crippen LogP contribution in [0.25, 0.3) is 0 Å². The Bertz CT molecular complexity index is 1220. The first-order valence-corrected chi connectivity index (χ1v) is 12.9. The summed E-state index contributed by atoms with van der Waals surface area (Å²) < 4.78 is 11.5. The van der Waals surface area contributed by atoms with Crippen LogP contribution in [-0.2, 0) is 11.2 Å². The van der Waals surface area contributed by atoms with Crippen LogP contribution in [0.5, 0.6) is 17.2 Å². The molecule has 9 heteroatoms. The first kappa shape index (κ1) is 25.2. The minimum atomic E-state index is -0.912. The lowest BCUT2D eigenvalue weighted by atomic mass is 9.93. The van der Waals surface area contributed by atoms with Crippen molar-refractivity contribution in [3.8, 4) is 17.2 Å². The van der Waals surface area contributed by atoms with Crippen molar-refractivity contribution in [2.75, 3.05) is 12.9 Å². The molecule has 2 N–H and O–H groups in total. The average molecular weight is 532 g/mol. The van der Waals surface area contributed by atoms with E-state index >= 15 is 0 Å². The third-order valence-electron chi connectivity index (χ3n) is 5.66. The molecular formula is C26H23Cl2NO5S. The lowest BCUT2D eigenvalue weighted by Crippen LogP contribution is -2.33. The van der Waals surface area contributed by atoms with Crippen molar-refractivity contribution in [2.24, 2.45) is 0 Å². The summed E-state index contributed by atoms with van der Waals surface area (Å²) >= 11 is 13.9. The van der Waals surface area contributed by atoms with Gasteiger partial charge in [0.15, 0.2) is 0 Å². The fraction of sp³-hybridized carbons (Fsp3) is 0.231. The number of benzene rings is 3. The standard InChI is InChI=1S/C26H23Cl2NO5S/c1-35-24(12-15-2-6-17(27)7-3-15)29-25(30)16-4-8-18(9-5-16)34-23-14-22-20(13-21(23)28)19(26(31)32)10-11-33-22/h2-9,13-14,19,24H,10-12H2,1H3,(H,29,30)(H,31,32). The number of carboxylic acids is 1. The van der Waals surface area contributed by atoms with Gasteiger partial charge in [0.2, 0.25) is 0 Å². The monoisotopic (exact) mass is 531 g/mol. The van der Waals surface area contributed by atoms with E-state index < -0.39 is 11.9 Å². The van der Waals surface area contributed by atoms with Crippen molar-refractivity contribution in [3.63, 3.8) is 0 Å². The highest BCUT2D eigenvalue weighted by atomic mass is 35.5. The van der Waals surface area contributed by atoms with E-state index in [0.29, 0.717) is 52.8 Å². The summed E-state index contributed by atoms with van der Waals surface area (Å²) in [4.78, 5) is 24.3. The normalized spacial score (nSPS) is 15.5. The minimum Gasteiger partial charge on any atom is -0.493 e. The molecule has 2 unspecified atom stereocenters. The Morgan fingerprint density at radius 2 is 1.86 bits per heavy atom. The molecule has 3 aromatic carbocycles. The van der Waals surface area contributed by atoms with Crippen molar-refractivity contribution < 1.29 is 24.2 Å². The van der Waals surface area contributed by atoms with Crippen LogP contribution in [0.2, 0.25) is 10.0 Å². The third kappa shape index (κ3) is 6.23. The van der Waals surface area contributed by atoms with E-state index in [4.69, 9.17) is 32.7 Å². The Morgan fingerprint density at radius 3 is 2.51 bits per heavy atom. The van der Waals surface area contributed by atoms with Gasteiger partial charge in [-0.05, 0) is 60.7 Å². The van der Waals surface area contributed by atoms with Crippen LogP contribution >= 0.6 is 35.0 Å². The molecule has 2 atom stereocenters. The zero-order valence-corrected chi connectivity index (χ0v) is 21.1. The van der Waals surface area contributed by atoms with Gasteiger partial charge in [-0.25, -0.2) is 0 Å². The smallest absolute Gasteiger partial charge is 0.311 e. The first-order chi connectivity index (χ1) is 16.8. The number of fused-ring (bicyclic) bond motifs is 1. The van der Waals surface area contributed by atoms with Crippen molar-refractivity contribution in [3.05, 3.63) is 87.4 Å². The lowest BCUT2D eigenvalue weighted by molar-refractivity contribution is -0.139. The first-order valence-electron chi connectivity index (χ1n) is 10.9. The topological polar surface area (TPSA) is 84.9 Å². The quantitative estimate of drug-likeness (QED) is 0.327. The zero-order chi connectivity index (χ0) is 24.9. The maximum Gasteiger partial charge on any atom is 0.311 e. The molecule has 6 nitrogen and oxygen atoms in total. The molecule has 0 radical (unpaired) electrons. The predicted molar refractivity (Wildman–Crippen MR) is 138 cm³/mol. The van der Waals surface area contributed by atoms with Crippen LogP contribution in [0, 0.1) is 0 Å². The average Bonchev–Trinajstić information content (AvgIpc) is 2.85. The molecule has 1 heterocycles. The second kappa shape index (κ2) is 11.2. The highest BCUT2D eigenvalue weighted by Crippen LogP contribution is 2.41. The molecule has 0 bridgehead atoms. The maximum absolute atomic E-state index is 12.8. The van der Waals surface area contributed by atoms with Crippen LogP contribution in [0.15, 0.2) is 60.7 Å². The highest BCUT2D eigenvalue weighted by molar-refractivity contribution is 7.99. The second-order valence-electron chi connectivity index (χ2n) is 8.00. The van der Waals surface area contributed by atoms with E-state index in [9.17, 15) is 14.7 Å². The molecule has 35 heavy (non-hydrogen) atoms. The number of carboxylic acid groups (broad SMARTS) is 1. The molecule has 0 aliphatic carbocycles. The van der Waals surface area contributed by atoms with Gasteiger partial charge in [0.25, 0.3) is 5.91 Å². The number of thioether (sulfide) groups is 1. The number of aliphatic carboxylic acids is 1. The van der Waals surface area contributed by atoms with Crippen LogP contribution in [0.4, 0.5) is 0 Å². The predicted octanol–water partition coefficient (Wildman–Crippen LogP) is 6.40. The number of hydrogen-bond acceptors (Lipinski definition) is 5. The molecule has 0 fully saturated rings. The second-order valence-corrected chi connectivity index (χ2v) is 9.89. The van der Waals surface area contributed by atoms with Gasteiger partial charge in [-0.15, -0.1) is 11.8 Å². The molecule has 3 aromatic rings. The van der Waals surface area contributed by atoms with Crippen molar-refractivity contribution >= 4 is 46.8 Å². The van der Waals surface area contributed by atoms with Gasteiger partial charge < -0.3 is 19.9 Å². The molecule has 0 saturated heterocycles. The van der Waals surface area contributed by atoms with Gasteiger partial charge in [0.05, 0.1) is 22.9 Å². The van der Waals surface area contributed by atoms with Crippen LogP contribution in [0.3, 0.4) is 0 Å². The molecule has 0 aromatic heterocycles. The fourth-order valence-electron chi connectivity index (χ4n) is 3.78. The van der Waals surface area contributed by atoms with Gasteiger partial charge >= 0.3 is 5.97 Å². The SMILES string of the molecule is CSC(Cc1ccc(Cl)cc1)NC(=O)c1ccc(Oc2cc3c(cc2Cl)C(C(=O)O)CCO3)cc1. The largest absolute Gasteiger partial charge is 0.493 e. The maximum atomic E-state index is 12.8. The Labute approximate surface area is 217 Å². The van der Waals surface area contributed by atoms with Crippen molar-refractivity contribution in [1.29, 1.82) is 0 Å². The summed E-state index contributed by atoms with van der Waals surface area (Å²) in [5.41, 5.74) is 2.12. The number of amides is 1. The Balaban J connectivity index is 1.42. The van der Waals surface area contributed by atoms with E-state index in [2.05, 4.69) is 5.32 Å². The number of rotatable bonds is 8. The minimum absolute atomic E-state index is 0.0940. The summed E-state index contributed by atoms with van der Waals surface area (Å²) in [6.07, 6.45) is 3.01. The molecule has 1 aliphatic heterocycles. The number of carbonyl (C=O) groups is 2. The van der Waals surface area contributed by atoms with Crippen LogP contribution in [-0.4, -0.2) is 35.2 Å². The number of ether oxygens (including phenoxy) is 2. The molecule has 1 aliphatic rings. The molecule has 1 amide bonds. The fourth-order valence-corrected chi connectivity index (χ4v) is 4.70. The lowest BCUT2D eigenvalue weighted by Gasteiger charge is -2.24. The molecular weight excluding hydrogens is 509 g/mol.